The van der Waals surface area contributed by atoms with E-state index in [4.69, 9.17) is 4.84 Å². The average Bonchev–Trinajstić information content (AvgIpc) is 1.88. The highest BCUT2D eigenvalue weighted by Gasteiger charge is 2.07. The number of hydrogen-bond acceptors (Lipinski definition) is 3. The molecule has 3 heteroatoms. The minimum atomic E-state index is -0.240. The van der Waals surface area contributed by atoms with Gasteiger partial charge >= 0.3 is 5.97 Å². The van der Waals surface area contributed by atoms with Gasteiger partial charge in [0.25, 0.3) is 0 Å². The van der Waals surface area contributed by atoms with Gasteiger partial charge < -0.3 is 4.84 Å². The molecular formula is C7H11NO2. The molecule has 1 heterocycles. The Bertz CT molecular complexity index is 154. The second-order valence-corrected chi connectivity index (χ2v) is 2.23. The van der Waals surface area contributed by atoms with Crippen LogP contribution in [0.1, 0.15) is 13.3 Å². The summed E-state index contributed by atoms with van der Waals surface area (Å²) in [5.74, 6) is -0.240. The minimum absolute atomic E-state index is 0.240. The lowest BCUT2D eigenvalue weighted by molar-refractivity contribution is -0.185. The van der Waals surface area contributed by atoms with Crippen molar-refractivity contribution in [3.8, 4) is 0 Å². The van der Waals surface area contributed by atoms with E-state index in [1.807, 2.05) is 6.08 Å². The number of rotatable bonds is 1. The fourth-order valence-corrected chi connectivity index (χ4v) is 0.884. The van der Waals surface area contributed by atoms with Gasteiger partial charge in [0.1, 0.15) is 0 Å². The maximum absolute atomic E-state index is 10.4. The van der Waals surface area contributed by atoms with E-state index in [1.54, 1.807) is 5.06 Å². The van der Waals surface area contributed by atoms with Gasteiger partial charge in [-0.15, -0.1) is 5.06 Å². The van der Waals surface area contributed by atoms with Crippen LogP contribution in [0.3, 0.4) is 0 Å². The van der Waals surface area contributed by atoms with Crippen LogP contribution >= 0.6 is 0 Å². The van der Waals surface area contributed by atoms with Crippen LogP contribution in [0.5, 0.6) is 0 Å². The summed E-state index contributed by atoms with van der Waals surface area (Å²) >= 11 is 0. The molecule has 0 saturated heterocycles. The summed E-state index contributed by atoms with van der Waals surface area (Å²) in [6.45, 7) is 2.95. The van der Waals surface area contributed by atoms with Crippen LogP contribution in [0.2, 0.25) is 0 Å². The summed E-state index contributed by atoms with van der Waals surface area (Å²) < 4.78 is 0. The van der Waals surface area contributed by atoms with Gasteiger partial charge in [-0.05, 0) is 6.42 Å². The zero-order chi connectivity index (χ0) is 7.40. The smallest absolute Gasteiger partial charge is 0.322 e. The molecule has 0 N–H and O–H groups in total. The van der Waals surface area contributed by atoms with E-state index in [9.17, 15) is 4.79 Å². The van der Waals surface area contributed by atoms with E-state index in [0.717, 1.165) is 19.5 Å². The van der Waals surface area contributed by atoms with Crippen LogP contribution in [0.25, 0.3) is 0 Å². The second kappa shape index (κ2) is 3.37. The van der Waals surface area contributed by atoms with Crippen molar-refractivity contribution >= 4 is 5.97 Å². The van der Waals surface area contributed by atoms with Crippen molar-refractivity contribution in [2.45, 2.75) is 13.3 Å². The summed E-state index contributed by atoms with van der Waals surface area (Å²) in [7, 11) is 0. The van der Waals surface area contributed by atoms with Crippen molar-refractivity contribution in [2.24, 2.45) is 0 Å². The fourth-order valence-electron chi connectivity index (χ4n) is 0.884. The third kappa shape index (κ3) is 2.19. The van der Waals surface area contributed by atoms with Crippen molar-refractivity contribution in [1.82, 2.24) is 5.06 Å². The number of carbonyl (C=O) groups excluding carboxylic acids is 1. The summed E-state index contributed by atoms with van der Waals surface area (Å²) in [6, 6.07) is 0. The summed E-state index contributed by atoms with van der Waals surface area (Å²) in [6.07, 6.45) is 5.04. The Morgan fingerprint density at radius 1 is 1.60 bits per heavy atom. The first-order chi connectivity index (χ1) is 4.79. The highest BCUT2D eigenvalue weighted by Crippen LogP contribution is 2.00. The molecule has 0 aliphatic carbocycles. The number of hydroxylamine groups is 2. The first kappa shape index (κ1) is 7.28. The van der Waals surface area contributed by atoms with Crippen molar-refractivity contribution in [2.75, 3.05) is 13.1 Å². The quantitative estimate of drug-likeness (QED) is 0.504. The van der Waals surface area contributed by atoms with Gasteiger partial charge in [0.15, 0.2) is 0 Å². The third-order valence-corrected chi connectivity index (χ3v) is 1.28. The molecule has 0 aromatic carbocycles. The van der Waals surface area contributed by atoms with Crippen molar-refractivity contribution in [3.63, 3.8) is 0 Å². The monoisotopic (exact) mass is 141 g/mol. The molecule has 0 fully saturated rings. The average molecular weight is 141 g/mol. The fraction of sp³-hybridized carbons (Fsp3) is 0.571. The van der Waals surface area contributed by atoms with Crippen molar-refractivity contribution in [1.29, 1.82) is 0 Å². The molecule has 0 saturated carbocycles. The van der Waals surface area contributed by atoms with Crippen molar-refractivity contribution < 1.29 is 9.63 Å². The van der Waals surface area contributed by atoms with E-state index in [1.165, 1.54) is 6.92 Å². The number of nitrogens with zero attached hydrogens (tertiary/aromatic N) is 1. The van der Waals surface area contributed by atoms with Gasteiger partial charge in [-0.1, -0.05) is 12.2 Å². The highest BCUT2D eigenvalue weighted by atomic mass is 16.7. The lowest BCUT2D eigenvalue weighted by Gasteiger charge is -2.20. The number of carbonyl (C=O) groups is 1. The SMILES string of the molecule is CC(=O)ON1CC=CCC1. The molecule has 0 aromatic rings. The molecule has 0 spiro atoms. The van der Waals surface area contributed by atoms with Gasteiger partial charge in [0, 0.05) is 13.5 Å². The zero-order valence-electron chi connectivity index (χ0n) is 6.04. The predicted octanol–water partition coefficient (Wildman–Crippen LogP) is 0.726. The molecule has 56 valence electrons. The Morgan fingerprint density at radius 3 is 2.90 bits per heavy atom. The van der Waals surface area contributed by atoms with Gasteiger partial charge in [0.05, 0.1) is 6.54 Å². The molecule has 1 aliphatic heterocycles. The van der Waals surface area contributed by atoms with Crippen LogP contribution in [0.4, 0.5) is 0 Å². The first-order valence-electron chi connectivity index (χ1n) is 3.37. The zero-order valence-corrected chi connectivity index (χ0v) is 6.04. The molecule has 0 radical (unpaired) electrons. The Hall–Kier alpha value is -0.830. The molecule has 0 unspecified atom stereocenters. The first-order valence-corrected chi connectivity index (χ1v) is 3.37. The Labute approximate surface area is 60.2 Å². The Balaban J connectivity index is 2.28. The van der Waals surface area contributed by atoms with Gasteiger partial charge in [0.2, 0.25) is 0 Å². The summed E-state index contributed by atoms with van der Waals surface area (Å²) in [5.41, 5.74) is 0. The summed E-state index contributed by atoms with van der Waals surface area (Å²) in [4.78, 5) is 15.3. The van der Waals surface area contributed by atoms with E-state index in [-0.39, 0.29) is 5.97 Å². The molecular weight excluding hydrogens is 130 g/mol. The molecule has 1 aliphatic rings. The van der Waals surface area contributed by atoms with Crippen LogP contribution in [0.15, 0.2) is 12.2 Å². The predicted molar refractivity (Wildman–Crippen MR) is 37.1 cm³/mol. The van der Waals surface area contributed by atoms with Crippen LogP contribution in [-0.4, -0.2) is 24.1 Å². The topological polar surface area (TPSA) is 29.5 Å². The molecule has 0 atom stereocenters. The van der Waals surface area contributed by atoms with Gasteiger partial charge in [-0.2, -0.15) is 0 Å². The van der Waals surface area contributed by atoms with Crippen LogP contribution in [0, 0.1) is 0 Å². The van der Waals surface area contributed by atoms with Gasteiger partial charge in [-0.25, -0.2) is 0 Å². The highest BCUT2D eigenvalue weighted by molar-refractivity contribution is 5.65. The minimum Gasteiger partial charge on any atom is -0.368 e. The molecule has 0 amide bonds. The largest absolute Gasteiger partial charge is 0.368 e. The van der Waals surface area contributed by atoms with Crippen molar-refractivity contribution in [3.05, 3.63) is 12.2 Å². The van der Waals surface area contributed by atoms with E-state index < -0.39 is 0 Å². The summed E-state index contributed by atoms with van der Waals surface area (Å²) in [5, 5.41) is 1.66. The normalized spacial score (nSPS) is 18.9. The standard InChI is InChI=1S/C7H11NO2/c1-7(9)10-8-5-3-2-4-6-8/h2-3H,4-6H2,1H3. The molecule has 1 rings (SSSR count). The van der Waals surface area contributed by atoms with Crippen LogP contribution < -0.4 is 0 Å². The Kier molecular flexibility index (Phi) is 2.45. The number of hydrogen-bond donors (Lipinski definition) is 0. The lowest BCUT2D eigenvalue weighted by atomic mass is 10.3. The third-order valence-electron chi connectivity index (χ3n) is 1.28. The van der Waals surface area contributed by atoms with Crippen LogP contribution in [-0.2, 0) is 9.63 Å². The Morgan fingerprint density at radius 2 is 2.40 bits per heavy atom. The van der Waals surface area contributed by atoms with E-state index in [2.05, 4.69) is 6.08 Å². The molecule has 3 nitrogen and oxygen atoms in total. The van der Waals surface area contributed by atoms with Gasteiger partial charge in [-0.3, -0.25) is 4.79 Å². The molecule has 10 heavy (non-hydrogen) atoms. The van der Waals surface area contributed by atoms with E-state index in [0.29, 0.717) is 0 Å². The maximum Gasteiger partial charge on any atom is 0.322 e. The second-order valence-electron chi connectivity index (χ2n) is 2.23. The maximum atomic E-state index is 10.4. The molecule has 0 bridgehead atoms. The lowest BCUT2D eigenvalue weighted by Crippen LogP contribution is -2.29. The molecule has 0 aromatic heterocycles. The van der Waals surface area contributed by atoms with E-state index >= 15 is 0 Å².